The van der Waals surface area contributed by atoms with Crippen LogP contribution in [0, 0.1) is 15.4 Å². The average molecular weight is 389 g/mol. The van der Waals surface area contributed by atoms with Gasteiger partial charge in [0.05, 0.1) is 12.3 Å². The Bertz CT molecular complexity index is 474. The van der Waals surface area contributed by atoms with Gasteiger partial charge in [0.15, 0.2) is 0 Å². The molecule has 0 bridgehead atoms. The number of aliphatic carboxylic acids is 1. The molecule has 1 aromatic carbocycles. The van der Waals surface area contributed by atoms with Gasteiger partial charge in [-0.05, 0) is 52.6 Å². The summed E-state index contributed by atoms with van der Waals surface area (Å²) >= 11 is 2.20. The first-order chi connectivity index (χ1) is 9.38. The average Bonchev–Trinajstić information content (AvgIpc) is 2.33. The van der Waals surface area contributed by atoms with Crippen LogP contribution in [0.1, 0.15) is 25.8 Å². The molecule has 0 fully saturated rings. The maximum Gasteiger partial charge on any atom is 0.308 e. The van der Waals surface area contributed by atoms with Crippen molar-refractivity contribution in [2.75, 3.05) is 6.54 Å². The maximum atomic E-state index is 11.8. The molecule has 0 heterocycles. The highest BCUT2D eigenvalue weighted by Gasteiger charge is 2.19. The Kier molecular flexibility index (Phi) is 6.98. The summed E-state index contributed by atoms with van der Waals surface area (Å²) in [6.45, 7) is 4.14. The van der Waals surface area contributed by atoms with E-state index in [9.17, 15) is 9.59 Å². The van der Waals surface area contributed by atoms with Crippen LogP contribution in [-0.2, 0) is 16.0 Å². The van der Waals surface area contributed by atoms with E-state index in [1.807, 2.05) is 38.1 Å². The largest absolute Gasteiger partial charge is 0.481 e. The van der Waals surface area contributed by atoms with E-state index >= 15 is 0 Å². The molecule has 5 heteroatoms. The number of carboxylic acids is 1. The first-order valence-electron chi connectivity index (χ1n) is 6.62. The minimum atomic E-state index is -0.853. The van der Waals surface area contributed by atoms with E-state index in [2.05, 4.69) is 27.9 Å². The highest BCUT2D eigenvalue weighted by Crippen LogP contribution is 2.12. The molecular weight excluding hydrogens is 369 g/mol. The Balaban J connectivity index is 2.47. The number of amides is 1. The van der Waals surface area contributed by atoms with Gasteiger partial charge >= 0.3 is 5.97 Å². The van der Waals surface area contributed by atoms with Crippen molar-refractivity contribution in [2.45, 2.75) is 26.7 Å². The molecular formula is C15H20INO3. The van der Waals surface area contributed by atoms with E-state index in [1.54, 1.807) is 0 Å². The fourth-order valence-electron chi connectivity index (χ4n) is 1.97. The molecule has 1 aromatic rings. The van der Waals surface area contributed by atoms with Crippen molar-refractivity contribution in [3.63, 3.8) is 0 Å². The van der Waals surface area contributed by atoms with Crippen molar-refractivity contribution in [1.82, 2.24) is 5.32 Å². The third kappa shape index (κ3) is 6.36. The van der Waals surface area contributed by atoms with Crippen LogP contribution >= 0.6 is 22.6 Å². The summed E-state index contributed by atoms with van der Waals surface area (Å²) in [5, 5.41) is 11.8. The molecule has 20 heavy (non-hydrogen) atoms. The standard InChI is InChI=1S/C15H20INO3/c1-10(2)6-12(15(19)20)9-17-14(18)8-11-4-3-5-13(16)7-11/h3-5,7,10,12H,6,8-9H2,1-2H3,(H,17,18)(H,19,20). The number of carbonyl (C=O) groups is 2. The summed E-state index contributed by atoms with van der Waals surface area (Å²) in [5.41, 5.74) is 0.935. The van der Waals surface area contributed by atoms with Gasteiger partial charge in [-0.3, -0.25) is 9.59 Å². The molecule has 0 saturated carbocycles. The lowest BCUT2D eigenvalue weighted by atomic mass is 9.97. The van der Waals surface area contributed by atoms with Gasteiger partial charge in [0, 0.05) is 10.1 Å². The molecule has 0 aliphatic rings. The van der Waals surface area contributed by atoms with Gasteiger partial charge < -0.3 is 10.4 Å². The third-order valence-electron chi connectivity index (χ3n) is 2.90. The Morgan fingerprint density at radius 3 is 2.60 bits per heavy atom. The fourth-order valence-corrected chi connectivity index (χ4v) is 2.58. The van der Waals surface area contributed by atoms with E-state index in [4.69, 9.17) is 5.11 Å². The van der Waals surface area contributed by atoms with E-state index < -0.39 is 11.9 Å². The third-order valence-corrected chi connectivity index (χ3v) is 3.58. The summed E-state index contributed by atoms with van der Waals surface area (Å²) < 4.78 is 1.08. The van der Waals surface area contributed by atoms with Crippen molar-refractivity contribution in [3.05, 3.63) is 33.4 Å². The highest BCUT2D eigenvalue weighted by atomic mass is 127. The highest BCUT2D eigenvalue weighted by molar-refractivity contribution is 14.1. The van der Waals surface area contributed by atoms with Gasteiger partial charge in [-0.25, -0.2) is 0 Å². The molecule has 1 unspecified atom stereocenters. The summed E-state index contributed by atoms with van der Waals surface area (Å²) in [5.74, 6) is -1.21. The predicted molar refractivity (Wildman–Crippen MR) is 86.5 cm³/mol. The van der Waals surface area contributed by atoms with Crippen LogP contribution in [0.3, 0.4) is 0 Å². The first kappa shape index (κ1) is 16.9. The predicted octanol–water partition coefficient (Wildman–Crippen LogP) is 2.70. The van der Waals surface area contributed by atoms with E-state index in [1.165, 1.54) is 0 Å². The fraction of sp³-hybridized carbons (Fsp3) is 0.467. The lowest BCUT2D eigenvalue weighted by Crippen LogP contribution is -2.34. The number of carbonyl (C=O) groups excluding carboxylic acids is 1. The van der Waals surface area contributed by atoms with Crippen LogP contribution in [0.4, 0.5) is 0 Å². The number of hydrogen-bond acceptors (Lipinski definition) is 2. The van der Waals surface area contributed by atoms with Crippen molar-refractivity contribution in [1.29, 1.82) is 0 Å². The van der Waals surface area contributed by atoms with Gasteiger partial charge in [-0.15, -0.1) is 0 Å². The zero-order valence-corrected chi connectivity index (χ0v) is 13.9. The number of carboxylic acid groups (broad SMARTS) is 1. The molecule has 1 rings (SSSR count). The number of halogens is 1. The quantitative estimate of drug-likeness (QED) is 0.705. The van der Waals surface area contributed by atoms with Gasteiger partial charge in [0.2, 0.25) is 5.91 Å². The molecule has 0 aromatic heterocycles. The minimum Gasteiger partial charge on any atom is -0.481 e. The van der Waals surface area contributed by atoms with Crippen molar-refractivity contribution in [3.8, 4) is 0 Å². The molecule has 2 N–H and O–H groups in total. The molecule has 1 amide bonds. The van der Waals surface area contributed by atoms with Gasteiger partial charge in [0.1, 0.15) is 0 Å². The Morgan fingerprint density at radius 2 is 2.05 bits per heavy atom. The minimum absolute atomic E-state index is 0.137. The molecule has 0 radical (unpaired) electrons. The normalized spacial score (nSPS) is 12.2. The zero-order chi connectivity index (χ0) is 15.1. The SMILES string of the molecule is CC(C)CC(CNC(=O)Cc1cccc(I)c1)C(=O)O. The molecule has 0 aliphatic carbocycles. The van der Waals surface area contributed by atoms with E-state index in [-0.39, 0.29) is 18.9 Å². The molecule has 110 valence electrons. The van der Waals surface area contributed by atoms with Gasteiger partial charge in [0.25, 0.3) is 0 Å². The Hall–Kier alpha value is -1.11. The lowest BCUT2D eigenvalue weighted by molar-refractivity contribution is -0.142. The van der Waals surface area contributed by atoms with E-state index in [0.29, 0.717) is 12.3 Å². The van der Waals surface area contributed by atoms with Crippen molar-refractivity contribution >= 4 is 34.5 Å². The molecule has 0 spiro atoms. The number of benzene rings is 1. The topological polar surface area (TPSA) is 66.4 Å². The van der Waals surface area contributed by atoms with Crippen LogP contribution in [0.25, 0.3) is 0 Å². The molecule has 0 aliphatic heterocycles. The molecule has 4 nitrogen and oxygen atoms in total. The van der Waals surface area contributed by atoms with Crippen LogP contribution in [0.15, 0.2) is 24.3 Å². The second-order valence-electron chi connectivity index (χ2n) is 5.28. The van der Waals surface area contributed by atoms with Crippen LogP contribution in [-0.4, -0.2) is 23.5 Å². The van der Waals surface area contributed by atoms with E-state index in [0.717, 1.165) is 9.13 Å². The summed E-state index contributed by atoms with van der Waals surface area (Å²) in [6.07, 6.45) is 0.851. The summed E-state index contributed by atoms with van der Waals surface area (Å²) in [6, 6.07) is 7.71. The van der Waals surface area contributed by atoms with Crippen molar-refractivity contribution in [2.24, 2.45) is 11.8 Å². The number of nitrogens with one attached hydrogen (secondary N) is 1. The van der Waals surface area contributed by atoms with Crippen LogP contribution in [0.2, 0.25) is 0 Å². The van der Waals surface area contributed by atoms with Crippen molar-refractivity contribution < 1.29 is 14.7 Å². The van der Waals surface area contributed by atoms with Gasteiger partial charge in [-0.1, -0.05) is 26.0 Å². The Morgan fingerprint density at radius 1 is 1.35 bits per heavy atom. The van der Waals surface area contributed by atoms with Gasteiger partial charge in [-0.2, -0.15) is 0 Å². The number of hydrogen-bond donors (Lipinski definition) is 2. The van der Waals surface area contributed by atoms with Crippen LogP contribution in [0.5, 0.6) is 0 Å². The smallest absolute Gasteiger partial charge is 0.308 e. The zero-order valence-electron chi connectivity index (χ0n) is 11.7. The first-order valence-corrected chi connectivity index (χ1v) is 7.70. The second kappa shape index (κ2) is 8.24. The lowest BCUT2D eigenvalue weighted by Gasteiger charge is -2.15. The van der Waals surface area contributed by atoms with Crippen LogP contribution < -0.4 is 5.32 Å². The molecule has 1 atom stereocenters. The summed E-state index contributed by atoms with van der Waals surface area (Å²) in [4.78, 5) is 22.9. The second-order valence-corrected chi connectivity index (χ2v) is 6.52. The Labute approximate surface area is 133 Å². The molecule has 0 saturated heterocycles. The summed E-state index contributed by atoms with van der Waals surface area (Å²) in [7, 11) is 0. The maximum absolute atomic E-state index is 11.8. The monoisotopic (exact) mass is 389 g/mol. The number of rotatable bonds is 7.